The van der Waals surface area contributed by atoms with Gasteiger partial charge in [-0.25, -0.2) is 8.42 Å². The van der Waals surface area contributed by atoms with Crippen LogP contribution in [-0.2, 0) is 32.7 Å². The zero-order chi connectivity index (χ0) is 31.9. The number of benzene rings is 2. The van der Waals surface area contributed by atoms with Gasteiger partial charge in [-0.1, -0.05) is 54.9 Å². The van der Waals surface area contributed by atoms with Gasteiger partial charge in [0.2, 0.25) is 0 Å². The number of nitrogens with zero attached hydrogens (tertiary/aromatic N) is 3. The van der Waals surface area contributed by atoms with Gasteiger partial charge < -0.3 is 9.26 Å². The van der Waals surface area contributed by atoms with Crippen LogP contribution in [0.2, 0.25) is 0 Å². The Kier molecular flexibility index (Phi) is 10.9. The van der Waals surface area contributed by atoms with Crippen molar-refractivity contribution in [3.05, 3.63) is 64.9 Å². The molecule has 4 rings (SSSR count). The third-order valence-electron chi connectivity index (χ3n) is 7.89. The Balaban J connectivity index is 1.72. The molecule has 0 aliphatic carbocycles. The van der Waals surface area contributed by atoms with E-state index in [1.54, 1.807) is 36.9 Å². The van der Waals surface area contributed by atoms with Crippen LogP contribution in [0.15, 0.2) is 56.9 Å². The molecule has 0 saturated heterocycles. The molecule has 0 unspecified atom stereocenters. The van der Waals surface area contributed by atoms with Crippen molar-refractivity contribution in [3.8, 4) is 11.1 Å². The predicted molar refractivity (Wildman–Crippen MR) is 165 cm³/mol. The average molecular weight is 631 g/mol. The molecule has 2 heterocycles. The first-order valence-electron chi connectivity index (χ1n) is 14.9. The Hall–Kier alpha value is -3.64. The number of amides is 1. The SMILES string of the molecule is CCCCC1=NC(CCF)(CCF)C(=O)N1Cc1ccc(-c2ccccc2S(=O)(=O)Nc2noc(C)c2C)c(COCC)c1. The lowest BCUT2D eigenvalue weighted by atomic mass is 9.92. The van der Waals surface area contributed by atoms with E-state index in [9.17, 15) is 22.0 Å². The molecule has 3 aromatic rings. The van der Waals surface area contributed by atoms with Crippen molar-refractivity contribution < 1.29 is 31.3 Å². The molecular formula is C32H40F2N4O5S. The van der Waals surface area contributed by atoms with E-state index in [-0.39, 0.29) is 36.7 Å². The van der Waals surface area contributed by atoms with E-state index in [2.05, 4.69) is 14.9 Å². The summed E-state index contributed by atoms with van der Waals surface area (Å²) in [5, 5.41) is 3.84. The van der Waals surface area contributed by atoms with Crippen LogP contribution in [0.4, 0.5) is 14.6 Å². The molecule has 1 amide bonds. The lowest BCUT2D eigenvalue weighted by Crippen LogP contribution is -2.43. The fraction of sp³-hybridized carbons (Fsp3) is 0.469. The van der Waals surface area contributed by atoms with E-state index in [1.165, 1.54) is 6.07 Å². The number of nitrogens with one attached hydrogen (secondary N) is 1. The second-order valence-electron chi connectivity index (χ2n) is 10.9. The van der Waals surface area contributed by atoms with Crippen molar-refractivity contribution in [1.82, 2.24) is 10.1 Å². The highest BCUT2D eigenvalue weighted by molar-refractivity contribution is 7.92. The Bertz CT molecular complexity index is 1600. The van der Waals surface area contributed by atoms with E-state index in [0.717, 1.165) is 24.0 Å². The van der Waals surface area contributed by atoms with Crippen LogP contribution >= 0.6 is 0 Å². The van der Waals surface area contributed by atoms with Gasteiger partial charge >= 0.3 is 0 Å². The summed E-state index contributed by atoms with van der Waals surface area (Å²) in [6.07, 6.45) is 1.85. The minimum atomic E-state index is -4.06. The van der Waals surface area contributed by atoms with Gasteiger partial charge in [-0.2, -0.15) is 0 Å². The van der Waals surface area contributed by atoms with Gasteiger partial charge in [0.05, 0.1) is 31.4 Å². The Morgan fingerprint density at radius 1 is 1.05 bits per heavy atom. The number of hydrogen-bond acceptors (Lipinski definition) is 7. The first kappa shape index (κ1) is 33.3. The van der Waals surface area contributed by atoms with Crippen molar-refractivity contribution >= 4 is 27.6 Å². The quantitative estimate of drug-likeness (QED) is 0.189. The molecule has 1 aliphatic rings. The number of aryl methyl sites for hydroxylation is 1. The molecule has 0 saturated carbocycles. The third-order valence-corrected chi connectivity index (χ3v) is 9.29. The second-order valence-corrected chi connectivity index (χ2v) is 12.5. The van der Waals surface area contributed by atoms with Crippen molar-refractivity contribution in [1.29, 1.82) is 0 Å². The van der Waals surface area contributed by atoms with Crippen LogP contribution in [0.5, 0.6) is 0 Å². The number of unbranched alkanes of at least 4 members (excludes halogenated alkanes) is 1. The molecule has 0 spiro atoms. The summed E-state index contributed by atoms with van der Waals surface area (Å²) in [5.74, 6) is 0.775. The van der Waals surface area contributed by atoms with Crippen molar-refractivity contribution in [2.45, 2.75) is 83.4 Å². The van der Waals surface area contributed by atoms with Gasteiger partial charge in [0.25, 0.3) is 15.9 Å². The number of anilines is 1. The topological polar surface area (TPSA) is 114 Å². The maximum Gasteiger partial charge on any atom is 0.263 e. The fourth-order valence-corrected chi connectivity index (χ4v) is 6.60. The van der Waals surface area contributed by atoms with Crippen LogP contribution in [0.3, 0.4) is 0 Å². The van der Waals surface area contributed by atoms with Gasteiger partial charge in [-0.05, 0) is 49.9 Å². The van der Waals surface area contributed by atoms with Crippen LogP contribution in [0.25, 0.3) is 11.1 Å². The van der Waals surface area contributed by atoms with E-state index in [1.807, 2.05) is 32.0 Å². The van der Waals surface area contributed by atoms with Gasteiger partial charge in [-0.15, -0.1) is 0 Å². The number of rotatable bonds is 16. The van der Waals surface area contributed by atoms with Crippen LogP contribution < -0.4 is 4.72 Å². The number of amidine groups is 1. The van der Waals surface area contributed by atoms with Crippen molar-refractivity contribution in [2.24, 2.45) is 4.99 Å². The van der Waals surface area contributed by atoms with Gasteiger partial charge in [0, 0.05) is 37.0 Å². The molecule has 0 fully saturated rings. The number of aromatic nitrogens is 1. The number of hydrogen-bond donors (Lipinski definition) is 1. The highest BCUT2D eigenvalue weighted by Crippen LogP contribution is 2.36. The van der Waals surface area contributed by atoms with Crippen LogP contribution in [0, 0.1) is 13.8 Å². The Labute approximate surface area is 257 Å². The standard InChI is InChI=1S/C32H40F2N4O5S/c1-5-7-12-29-35-32(15-17-33,16-18-34)31(39)38(29)20-24-13-14-26(25(19-24)21-42-6-2)27-10-8-9-11-28(27)44(40,41)37-30-22(3)23(4)43-36-30/h8-11,13-14,19H,5-7,12,15-18,20-21H2,1-4H3,(H,36,37). The van der Waals surface area contributed by atoms with Crippen LogP contribution in [0.1, 0.15) is 68.4 Å². The molecule has 0 radical (unpaired) electrons. The molecule has 44 heavy (non-hydrogen) atoms. The molecule has 1 aromatic heterocycles. The molecule has 1 aliphatic heterocycles. The predicted octanol–water partition coefficient (Wildman–Crippen LogP) is 6.68. The summed E-state index contributed by atoms with van der Waals surface area (Å²) in [7, 11) is -4.06. The Morgan fingerprint density at radius 3 is 2.41 bits per heavy atom. The number of carbonyl (C=O) groups excluding carboxylic acids is 1. The average Bonchev–Trinajstić information content (AvgIpc) is 3.45. The van der Waals surface area contributed by atoms with Crippen molar-refractivity contribution in [2.75, 3.05) is 24.7 Å². The molecule has 0 atom stereocenters. The summed E-state index contributed by atoms with van der Waals surface area (Å²) in [5.41, 5.74) is 1.75. The maximum absolute atomic E-state index is 13.6. The smallest absolute Gasteiger partial charge is 0.263 e. The number of halogens is 2. The first-order valence-corrected chi connectivity index (χ1v) is 16.4. The van der Waals surface area contributed by atoms with E-state index < -0.39 is 34.8 Å². The monoisotopic (exact) mass is 630 g/mol. The van der Waals surface area contributed by atoms with Crippen molar-refractivity contribution in [3.63, 3.8) is 0 Å². The second kappa shape index (κ2) is 14.4. The summed E-state index contributed by atoms with van der Waals surface area (Å²) >= 11 is 0. The highest BCUT2D eigenvalue weighted by atomic mass is 32.2. The molecule has 238 valence electrons. The minimum absolute atomic E-state index is 0.0523. The lowest BCUT2D eigenvalue weighted by Gasteiger charge is -2.25. The number of ether oxygens (including phenoxy) is 1. The first-order chi connectivity index (χ1) is 21.1. The van der Waals surface area contributed by atoms with E-state index in [4.69, 9.17) is 9.26 Å². The summed E-state index contributed by atoms with van der Waals surface area (Å²) < 4.78 is 67.6. The Morgan fingerprint density at radius 2 is 1.77 bits per heavy atom. The molecule has 12 heteroatoms. The molecule has 2 aromatic carbocycles. The maximum atomic E-state index is 13.6. The third kappa shape index (κ3) is 7.02. The zero-order valence-corrected chi connectivity index (χ0v) is 26.5. The summed E-state index contributed by atoms with van der Waals surface area (Å²) in [4.78, 5) is 19.8. The summed E-state index contributed by atoms with van der Waals surface area (Å²) in [6, 6.07) is 12.2. The normalized spacial score (nSPS) is 14.7. The molecule has 9 nitrogen and oxygen atoms in total. The van der Waals surface area contributed by atoms with E-state index >= 15 is 0 Å². The number of alkyl halides is 2. The number of aliphatic imine (C=N–C) groups is 1. The lowest BCUT2D eigenvalue weighted by molar-refractivity contribution is -0.132. The molecule has 0 bridgehead atoms. The number of carbonyl (C=O) groups is 1. The summed E-state index contributed by atoms with van der Waals surface area (Å²) in [6.45, 7) is 6.55. The fourth-order valence-electron chi connectivity index (χ4n) is 5.32. The van der Waals surface area contributed by atoms with Crippen LogP contribution in [-0.4, -0.2) is 55.7 Å². The largest absolute Gasteiger partial charge is 0.377 e. The molecule has 1 N–H and O–H groups in total. The zero-order valence-electron chi connectivity index (χ0n) is 25.7. The van der Waals surface area contributed by atoms with E-state index in [0.29, 0.717) is 41.3 Å². The number of sulfonamides is 1. The van der Waals surface area contributed by atoms with Gasteiger partial charge in [-0.3, -0.25) is 28.2 Å². The minimum Gasteiger partial charge on any atom is -0.377 e. The molecular weight excluding hydrogens is 590 g/mol. The van der Waals surface area contributed by atoms with Gasteiger partial charge in [0.1, 0.15) is 17.1 Å². The highest BCUT2D eigenvalue weighted by Gasteiger charge is 2.47. The van der Waals surface area contributed by atoms with Gasteiger partial charge in [0.15, 0.2) is 5.82 Å².